The van der Waals surface area contributed by atoms with Crippen LogP contribution in [-0.4, -0.2) is 58.6 Å². The first-order valence-corrected chi connectivity index (χ1v) is 13.3. The molecule has 192 valence electrons. The molecule has 0 bridgehead atoms. The number of carboxylic acid groups (broad SMARTS) is 1. The third-order valence-electron chi connectivity index (χ3n) is 6.82. The van der Waals surface area contributed by atoms with E-state index in [1.807, 2.05) is 24.3 Å². The molecule has 1 saturated heterocycles. The van der Waals surface area contributed by atoms with Crippen LogP contribution in [0.2, 0.25) is 5.02 Å². The number of benzene rings is 2. The molecule has 4 rings (SSSR count). The lowest BCUT2D eigenvalue weighted by Gasteiger charge is -2.37. The van der Waals surface area contributed by atoms with Crippen molar-refractivity contribution in [1.29, 1.82) is 0 Å². The largest absolute Gasteiger partial charge is 0.497 e. The molecule has 0 spiro atoms. The smallest absolute Gasteiger partial charge is 0.308 e. The van der Waals surface area contributed by atoms with E-state index in [1.54, 1.807) is 19.4 Å². The molecule has 1 aliphatic rings. The van der Waals surface area contributed by atoms with Crippen molar-refractivity contribution in [3.05, 3.63) is 65.1 Å². The highest BCUT2D eigenvalue weighted by molar-refractivity contribution is 7.99. The number of hydrogen-bond acceptors (Lipinski definition) is 6. The highest BCUT2D eigenvalue weighted by Gasteiger charge is 2.34. The molecule has 1 fully saturated rings. The number of thioether (sulfide) groups is 1. The van der Waals surface area contributed by atoms with E-state index in [2.05, 4.69) is 9.88 Å². The maximum Gasteiger partial charge on any atom is 0.308 e. The molecule has 2 heterocycles. The number of likely N-dealkylation sites (tertiary alicyclic amines) is 1. The molecule has 0 amide bonds. The first kappa shape index (κ1) is 26.7. The number of aromatic nitrogens is 1. The van der Waals surface area contributed by atoms with Gasteiger partial charge >= 0.3 is 5.97 Å². The number of nitrogens with zero attached hydrogens (tertiary/aromatic N) is 2. The van der Waals surface area contributed by atoms with Crippen LogP contribution in [0.5, 0.6) is 5.75 Å². The Hall–Kier alpha value is -2.39. The Balaban J connectivity index is 1.33. The van der Waals surface area contributed by atoms with Gasteiger partial charge in [0.1, 0.15) is 11.6 Å². The summed E-state index contributed by atoms with van der Waals surface area (Å²) >= 11 is 7.43. The topological polar surface area (TPSA) is 82.9 Å². The van der Waals surface area contributed by atoms with Crippen LogP contribution < -0.4 is 4.74 Å². The van der Waals surface area contributed by atoms with Crippen molar-refractivity contribution in [3.8, 4) is 5.75 Å². The minimum Gasteiger partial charge on any atom is -0.497 e. The highest BCUT2D eigenvalue weighted by atomic mass is 35.5. The Morgan fingerprint density at radius 1 is 1.31 bits per heavy atom. The van der Waals surface area contributed by atoms with Gasteiger partial charge in [0.15, 0.2) is 0 Å². The fraction of sp³-hybridized carbons (Fsp3) is 0.407. The van der Waals surface area contributed by atoms with Crippen LogP contribution in [-0.2, 0) is 4.79 Å². The number of pyridine rings is 1. The molecule has 3 atom stereocenters. The molecular formula is C27H30ClFN2O4S. The number of halogens is 2. The van der Waals surface area contributed by atoms with E-state index in [0.29, 0.717) is 42.5 Å². The number of fused-ring (bicyclic) bond motifs is 1. The number of aliphatic hydroxyl groups is 1. The van der Waals surface area contributed by atoms with Crippen molar-refractivity contribution in [2.45, 2.75) is 30.3 Å². The maximum atomic E-state index is 13.5. The van der Waals surface area contributed by atoms with Crippen LogP contribution in [0.15, 0.2) is 53.6 Å². The van der Waals surface area contributed by atoms with Gasteiger partial charge in [0.25, 0.3) is 0 Å². The number of hydrogen-bond donors (Lipinski definition) is 2. The zero-order valence-corrected chi connectivity index (χ0v) is 21.6. The molecule has 0 saturated carbocycles. The van der Waals surface area contributed by atoms with Crippen molar-refractivity contribution in [2.75, 3.05) is 32.5 Å². The van der Waals surface area contributed by atoms with Gasteiger partial charge in [-0.05, 0) is 79.8 Å². The van der Waals surface area contributed by atoms with Gasteiger partial charge in [-0.15, -0.1) is 11.8 Å². The number of piperidine rings is 1. The Bertz CT molecular complexity index is 1190. The average Bonchev–Trinajstić information content (AvgIpc) is 2.86. The summed E-state index contributed by atoms with van der Waals surface area (Å²) in [4.78, 5) is 19.4. The molecule has 0 unspecified atom stereocenters. The van der Waals surface area contributed by atoms with Crippen LogP contribution in [0.4, 0.5) is 4.39 Å². The van der Waals surface area contributed by atoms with Crippen LogP contribution in [0.1, 0.15) is 30.9 Å². The molecule has 36 heavy (non-hydrogen) atoms. The van der Waals surface area contributed by atoms with Crippen molar-refractivity contribution in [3.63, 3.8) is 0 Å². The number of aliphatic hydroxyl groups excluding tert-OH is 1. The Kier molecular flexibility index (Phi) is 9.06. The first-order chi connectivity index (χ1) is 17.3. The van der Waals surface area contributed by atoms with E-state index in [4.69, 9.17) is 16.3 Å². The second kappa shape index (κ2) is 12.2. The Labute approximate surface area is 219 Å². The predicted molar refractivity (Wildman–Crippen MR) is 140 cm³/mol. The number of ether oxygens (including phenoxy) is 1. The van der Waals surface area contributed by atoms with Gasteiger partial charge < -0.3 is 19.8 Å². The SMILES string of the molecule is COc1ccc2nccc([C@H](O)CC[C@@H]3CCN(CCSc4cc(F)cc(Cl)c4)C[C@@H]3C(=O)O)c2c1. The fourth-order valence-corrected chi connectivity index (χ4v) is 6.17. The predicted octanol–water partition coefficient (Wildman–Crippen LogP) is 5.66. The monoisotopic (exact) mass is 532 g/mol. The van der Waals surface area contributed by atoms with E-state index in [-0.39, 0.29) is 11.7 Å². The normalized spacial score (nSPS) is 19.3. The lowest BCUT2D eigenvalue weighted by molar-refractivity contribution is -0.146. The number of methoxy groups -OCH3 is 1. The summed E-state index contributed by atoms with van der Waals surface area (Å²) in [7, 11) is 1.60. The van der Waals surface area contributed by atoms with Gasteiger partial charge in [-0.25, -0.2) is 4.39 Å². The lowest BCUT2D eigenvalue weighted by atomic mass is 9.81. The number of rotatable bonds is 10. The third kappa shape index (κ3) is 6.68. The van der Waals surface area contributed by atoms with E-state index in [0.717, 1.165) is 34.3 Å². The molecule has 6 nitrogen and oxygen atoms in total. The van der Waals surface area contributed by atoms with Gasteiger partial charge in [0, 0.05) is 40.3 Å². The van der Waals surface area contributed by atoms with Crippen LogP contribution in [0, 0.1) is 17.7 Å². The zero-order chi connectivity index (χ0) is 25.7. The zero-order valence-electron chi connectivity index (χ0n) is 20.1. The van der Waals surface area contributed by atoms with Crippen molar-refractivity contribution >= 4 is 40.2 Å². The molecule has 1 aromatic heterocycles. The minimum atomic E-state index is -0.803. The van der Waals surface area contributed by atoms with Gasteiger partial charge in [0.05, 0.1) is 24.6 Å². The van der Waals surface area contributed by atoms with Crippen LogP contribution in [0.3, 0.4) is 0 Å². The third-order valence-corrected chi connectivity index (χ3v) is 8.00. The van der Waals surface area contributed by atoms with E-state index in [9.17, 15) is 19.4 Å². The number of carboxylic acids is 1. The van der Waals surface area contributed by atoms with E-state index >= 15 is 0 Å². The van der Waals surface area contributed by atoms with Crippen molar-refractivity contribution < 1.29 is 24.1 Å². The molecule has 2 aromatic carbocycles. The van der Waals surface area contributed by atoms with E-state index < -0.39 is 18.0 Å². The lowest BCUT2D eigenvalue weighted by Crippen LogP contribution is -2.44. The van der Waals surface area contributed by atoms with Gasteiger partial charge in [-0.3, -0.25) is 9.78 Å². The van der Waals surface area contributed by atoms with Gasteiger partial charge in [-0.1, -0.05) is 11.6 Å². The van der Waals surface area contributed by atoms with Crippen LogP contribution >= 0.6 is 23.4 Å². The Morgan fingerprint density at radius 3 is 2.89 bits per heavy atom. The highest BCUT2D eigenvalue weighted by Crippen LogP contribution is 2.34. The van der Waals surface area contributed by atoms with Crippen molar-refractivity contribution in [1.82, 2.24) is 9.88 Å². The van der Waals surface area contributed by atoms with Crippen molar-refractivity contribution in [2.24, 2.45) is 11.8 Å². The number of carbonyl (C=O) groups is 1. The second-order valence-electron chi connectivity index (χ2n) is 9.12. The molecular weight excluding hydrogens is 503 g/mol. The molecule has 2 N–H and O–H groups in total. The quantitative estimate of drug-likeness (QED) is 0.326. The molecule has 0 radical (unpaired) electrons. The summed E-state index contributed by atoms with van der Waals surface area (Å²) < 4.78 is 18.9. The molecule has 0 aliphatic carbocycles. The standard InChI is InChI=1S/C27H30ClFN2O4S/c1-35-20-3-4-25-23(15-20)22(6-8-30-25)26(32)5-2-17-7-9-31(16-24(17)27(33)34)10-11-36-21-13-18(28)12-19(29)14-21/h3-4,6,8,12-15,17,24,26,32H,2,5,7,9-11,16H2,1H3,(H,33,34)/t17-,24+,26-/m1/s1. The molecule has 3 aromatic rings. The fourth-order valence-electron chi connectivity index (χ4n) is 4.89. The van der Waals surface area contributed by atoms with Gasteiger partial charge in [-0.2, -0.15) is 0 Å². The average molecular weight is 533 g/mol. The van der Waals surface area contributed by atoms with Gasteiger partial charge in [0.2, 0.25) is 0 Å². The number of aliphatic carboxylic acids is 1. The molecule has 9 heteroatoms. The molecule has 1 aliphatic heterocycles. The maximum absolute atomic E-state index is 13.5. The summed E-state index contributed by atoms with van der Waals surface area (Å²) in [5.74, 6) is -0.255. The second-order valence-corrected chi connectivity index (χ2v) is 10.7. The summed E-state index contributed by atoms with van der Waals surface area (Å²) in [6, 6.07) is 11.8. The minimum absolute atomic E-state index is 0.00860. The van der Waals surface area contributed by atoms with Crippen LogP contribution in [0.25, 0.3) is 10.9 Å². The Morgan fingerprint density at radius 2 is 2.14 bits per heavy atom. The summed E-state index contributed by atoms with van der Waals surface area (Å²) in [6.07, 6.45) is 2.81. The summed E-state index contributed by atoms with van der Waals surface area (Å²) in [5.41, 5.74) is 1.56. The van der Waals surface area contributed by atoms with E-state index in [1.165, 1.54) is 23.9 Å². The first-order valence-electron chi connectivity index (χ1n) is 12.0. The summed E-state index contributed by atoms with van der Waals surface area (Å²) in [5, 5.41) is 22.1. The summed E-state index contributed by atoms with van der Waals surface area (Å²) in [6.45, 7) is 1.98.